The van der Waals surface area contributed by atoms with Crippen molar-refractivity contribution < 1.29 is 19.0 Å². The second-order valence-corrected chi connectivity index (χ2v) is 8.73. The van der Waals surface area contributed by atoms with Crippen molar-refractivity contribution in [2.75, 3.05) is 7.11 Å². The van der Waals surface area contributed by atoms with E-state index < -0.39 is 0 Å². The fourth-order valence-electron chi connectivity index (χ4n) is 5.35. The molecule has 2 heterocycles. The SMILES string of the molecule is COC(=O)c1ccc2c(c1)[C@H]1O[C@H]3CCc4ccccc4[C@@H]3C[C@@H]1C(C)(C)O2. The van der Waals surface area contributed by atoms with Gasteiger partial charge in [0.25, 0.3) is 0 Å². The number of hydrogen-bond donors (Lipinski definition) is 0. The summed E-state index contributed by atoms with van der Waals surface area (Å²) < 4.78 is 18.1. The van der Waals surface area contributed by atoms with Gasteiger partial charge in [-0.15, -0.1) is 0 Å². The van der Waals surface area contributed by atoms with Crippen molar-refractivity contribution in [1.29, 1.82) is 0 Å². The van der Waals surface area contributed by atoms with E-state index in [4.69, 9.17) is 14.2 Å². The van der Waals surface area contributed by atoms with Gasteiger partial charge in [0.2, 0.25) is 0 Å². The quantitative estimate of drug-likeness (QED) is 0.668. The van der Waals surface area contributed by atoms with E-state index in [0.717, 1.165) is 30.6 Å². The molecule has 3 aliphatic rings. The molecule has 146 valence electrons. The first-order chi connectivity index (χ1) is 13.5. The lowest BCUT2D eigenvalue weighted by Crippen LogP contribution is -2.51. The molecule has 0 amide bonds. The lowest BCUT2D eigenvalue weighted by molar-refractivity contribution is -0.161. The second-order valence-electron chi connectivity index (χ2n) is 8.73. The van der Waals surface area contributed by atoms with Gasteiger partial charge in [-0.25, -0.2) is 4.79 Å². The molecule has 5 rings (SSSR count). The van der Waals surface area contributed by atoms with E-state index in [-0.39, 0.29) is 29.7 Å². The van der Waals surface area contributed by atoms with Crippen LogP contribution in [0.2, 0.25) is 0 Å². The van der Waals surface area contributed by atoms with Gasteiger partial charge in [0, 0.05) is 17.4 Å². The van der Waals surface area contributed by atoms with Crippen LogP contribution in [0.3, 0.4) is 0 Å². The summed E-state index contributed by atoms with van der Waals surface area (Å²) >= 11 is 0. The van der Waals surface area contributed by atoms with Crippen molar-refractivity contribution in [3.05, 3.63) is 64.7 Å². The first-order valence-electron chi connectivity index (χ1n) is 10.1. The Hall–Kier alpha value is -2.33. The standard InChI is InChI=1S/C24H26O4/c1-24(2)19-13-17-16-7-5-4-6-14(16)8-10-20(17)27-22(19)18-12-15(23(25)26-3)9-11-21(18)28-24/h4-7,9,11-12,17,19-20,22H,8,10,13H2,1-3H3/t17-,19-,20-,22+/m0/s1. The van der Waals surface area contributed by atoms with E-state index >= 15 is 0 Å². The lowest BCUT2D eigenvalue weighted by atomic mass is 9.67. The summed E-state index contributed by atoms with van der Waals surface area (Å²) in [4.78, 5) is 12.0. The van der Waals surface area contributed by atoms with Gasteiger partial charge in [-0.05, 0) is 62.4 Å². The summed E-state index contributed by atoms with van der Waals surface area (Å²) in [5, 5.41) is 0. The number of rotatable bonds is 1. The Morgan fingerprint density at radius 1 is 1.14 bits per heavy atom. The van der Waals surface area contributed by atoms with Crippen molar-refractivity contribution in [2.24, 2.45) is 5.92 Å². The predicted molar refractivity (Wildman–Crippen MR) is 106 cm³/mol. The molecule has 0 unspecified atom stereocenters. The van der Waals surface area contributed by atoms with E-state index in [1.807, 2.05) is 12.1 Å². The van der Waals surface area contributed by atoms with Gasteiger partial charge in [-0.2, -0.15) is 0 Å². The summed E-state index contributed by atoms with van der Waals surface area (Å²) in [6.07, 6.45) is 3.28. The summed E-state index contributed by atoms with van der Waals surface area (Å²) in [5.41, 5.74) is 4.07. The maximum absolute atomic E-state index is 12.0. The summed E-state index contributed by atoms with van der Waals surface area (Å²) in [6, 6.07) is 14.3. The Morgan fingerprint density at radius 3 is 2.79 bits per heavy atom. The van der Waals surface area contributed by atoms with Gasteiger partial charge in [0.15, 0.2) is 0 Å². The number of carbonyl (C=O) groups is 1. The van der Waals surface area contributed by atoms with E-state index in [2.05, 4.69) is 38.1 Å². The maximum Gasteiger partial charge on any atom is 0.337 e. The van der Waals surface area contributed by atoms with Gasteiger partial charge < -0.3 is 14.2 Å². The third-order valence-electron chi connectivity index (χ3n) is 6.80. The molecule has 1 fully saturated rings. The van der Waals surface area contributed by atoms with E-state index in [9.17, 15) is 4.79 Å². The lowest BCUT2D eigenvalue weighted by Gasteiger charge is -2.52. The topological polar surface area (TPSA) is 44.8 Å². The van der Waals surface area contributed by atoms with Crippen LogP contribution in [-0.4, -0.2) is 24.8 Å². The number of hydrogen-bond acceptors (Lipinski definition) is 4. The van der Waals surface area contributed by atoms with Gasteiger partial charge in [0.05, 0.1) is 24.9 Å². The van der Waals surface area contributed by atoms with E-state index in [0.29, 0.717) is 11.5 Å². The van der Waals surface area contributed by atoms with Crippen molar-refractivity contribution in [3.8, 4) is 5.75 Å². The normalized spacial score (nSPS) is 29.4. The van der Waals surface area contributed by atoms with Crippen LogP contribution in [0.15, 0.2) is 42.5 Å². The third kappa shape index (κ3) is 2.66. The van der Waals surface area contributed by atoms with Crippen molar-refractivity contribution in [3.63, 3.8) is 0 Å². The first kappa shape index (κ1) is 17.7. The van der Waals surface area contributed by atoms with Crippen LogP contribution in [0, 0.1) is 5.92 Å². The van der Waals surface area contributed by atoms with Gasteiger partial charge in [-0.3, -0.25) is 0 Å². The number of methoxy groups -OCH3 is 1. The molecular formula is C24H26O4. The number of carbonyl (C=O) groups excluding carboxylic acids is 1. The van der Waals surface area contributed by atoms with Crippen LogP contribution in [0.25, 0.3) is 0 Å². The molecule has 1 saturated heterocycles. The molecule has 4 heteroatoms. The van der Waals surface area contributed by atoms with Crippen molar-refractivity contribution >= 4 is 5.97 Å². The summed E-state index contributed by atoms with van der Waals surface area (Å²) in [5.74, 6) is 1.11. The van der Waals surface area contributed by atoms with E-state index in [1.54, 1.807) is 6.07 Å². The summed E-state index contributed by atoms with van der Waals surface area (Å²) in [6.45, 7) is 4.31. The molecule has 0 bridgehead atoms. The van der Waals surface area contributed by atoms with Gasteiger partial charge in [-0.1, -0.05) is 24.3 Å². The minimum Gasteiger partial charge on any atom is -0.487 e. The Balaban J connectivity index is 1.55. The third-order valence-corrected chi connectivity index (χ3v) is 6.80. The van der Waals surface area contributed by atoms with Crippen molar-refractivity contribution in [2.45, 2.75) is 56.8 Å². The fraction of sp³-hybridized carbons (Fsp3) is 0.458. The largest absolute Gasteiger partial charge is 0.487 e. The molecule has 2 aliphatic heterocycles. The minimum absolute atomic E-state index is 0.0603. The van der Waals surface area contributed by atoms with Crippen LogP contribution in [0.5, 0.6) is 5.75 Å². The molecule has 0 radical (unpaired) electrons. The molecule has 0 N–H and O–H groups in total. The number of fused-ring (bicyclic) bond motifs is 6. The molecule has 0 aromatic heterocycles. The Bertz CT molecular complexity index is 932. The molecule has 28 heavy (non-hydrogen) atoms. The number of aryl methyl sites for hydroxylation is 1. The molecule has 2 aromatic carbocycles. The fourth-order valence-corrected chi connectivity index (χ4v) is 5.35. The van der Waals surface area contributed by atoms with Gasteiger partial charge in [0.1, 0.15) is 11.4 Å². The number of ether oxygens (including phenoxy) is 3. The maximum atomic E-state index is 12.0. The first-order valence-corrected chi connectivity index (χ1v) is 10.1. The van der Waals surface area contributed by atoms with Crippen molar-refractivity contribution in [1.82, 2.24) is 0 Å². The molecule has 1 aliphatic carbocycles. The molecule has 4 atom stereocenters. The van der Waals surface area contributed by atoms with Crippen LogP contribution in [-0.2, 0) is 15.9 Å². The molecule has 0 saturated carbocycles. The second kappa shape index (κ2) is 6.35. The molecule has 0 spiro atoms. The van der Waals surface area contributed by atoms with Crippen LogP contribution in [0.1, 0.15) is 65.8 Å². The van der Waals surface area contributed by atoms with E-state index in [1.165, 1.54) is 18.2 Å². The molecular weight excluding hydrogens is 352 g/mol. The smallest absolute Gasteiger partial charge is 0.337 e. The Kier molecular flexibility index (Phi) is 4.02. The predicted octanol–water partition coefficient (Wildman–Crippen LogP) is 4.82. The zero-order chi connectivity index (χ0) is 19.5. The number of benzene rings is 2. The van der Waals surface area contributed by atoms with Crippen LogP contribution >= 0.6 is 0 Å². The highest BCUT2D eigenvalue weighted by Gasteiger charge is 2.51. The Labute approximate surface area is 165 Å². The average molecular weight is 378 g/mol. The highest BCUT2D eigenvalue weighted by atomic mass is 16.5. The van der Waals surface area contributed by atoms with Crippen LogP contribution in [0.4, 0.5) is 0 Å². The zero-order valence-electron chi connectivity index (χ0n) is 16.6. The van der Waals surface area contributed by atoms with Gasteiger partial charge >= 0.3 is 5.97 Å². The molecule has 4 nitrogen and oxygen atoms in total. The number of esters is 1. The minimum atomic E-state index is -0.332. The highest BCUT2D eigenvalue weighted by molar-refractivity contribution is 5.89. The average Bonchev–Trinajstić information content (AvgIpc) is 2.71. The summed E-state index contributed by atoms with van der Waals surface area (Å²) in [7, 11) is 1.41. The zero-order valence-corrected chi connectivity index (χ0v) is 16.6. The van der Waals surface area contributed by atoms with Crippen LogP contribution < -0.4 is 4.74 Å². The Morgan fingerprint density at radius 2 is 1.96 bits per heavy atom. The highest BCUT2D eigenvalue weighted by Crippen LogP contribution is 2.55. The monoisotopic (exact) mass is 378 g/mol. The molecule has 2 aromatic rings.